The van der Waals surface area contributed by atoms with Gasteiger partial charge < -0.3 is 15.5 Å². The molecule has 0 atom stereocenters. The maximum absolute atomic E-state index is 12.9. The summed E-state index contributed by atoms with van der Waals surface area (Å²) in [7, 11) is 0. The number of hydrogen-bond acceptors (Lipinski definition) is 3. The fourth-order valence-corrected chi connectivity index (χ4v) is 4.03. The summed E-state index contributed by atoms with van der Waals surface area (Å²) in [6.07, 6.45) is -4.26. The van der Waals surface area contributed by atoms with Gasteiger partial charge in [0.05, 0.1) is 10.7 Å². The summed E-state index contributed by atoms with van der Waals surface area (Å²) in [5, 5.41) is 6.72. The van der Waals surface area contributed by atoms with E-state index in [0.29, 0.717) is 30.2 Å². The molecule has 0 saturated carbocycles. The van der Waals surface area contributed by atoms with Crippen molar-refractivity contribution in [3.8, 4) is 0 Å². The number of carbonyl (C=O) groups excluding carboxylic acids is 2. The first kappa shape index (κ1) is 25.9. The SMILES string of the molecule is CC(C)(C)C(=O)NCc1ccc(CNc2c(Cl)ccc3c2CCN(C(=O)C(F)(F)F)CC3)cc1. The van der Waals surface area contributed by atoms with Gasteiger partial charge >= 0.3 is 12.1 Å². The van der Waals surface area contributed by atoms with Gasteiger partial charge in [0.25, 0.3) is 0 Å². The number of carbonyl (C=O) groups is 2. The number of fused-ring (bicyclic) bond motifs is 1. The quantitative estimate of drug-likeness (QED) is 0.606. The predicted molar refractivity (Wildman–Crippen MR) is 127 cm³/mol. The summed E-state index contributed by atoms with van der Waals surface area (Å²) < 4.78 is 38.6. The van der Waals surface area contributed by atoms with Crippen molar-refractivity contribution in [3.05, 3.63) is 63.7 Å². The number of nitrogens with zero attached hydrogens (tertiary/aromatic N) is 1. The van der Waals surface area contributed by atoms with Crippen molar-refractivity contribution in [2.75, 3.05) is 18.4 Å². The van der Waals surface area contributed by atoms with E-state index in [1.807, 2.05) is 51.1 Å². The lowest BCUT2D eigenvalue weighted by atomic mass is 9.95. The number of halogens is 4. The lowest BCUT2D eigenvalue weighted by molar-refractivity contribution is -0.185. The van der Waals surface area contributed by atoms with E-state index in [1.54, 1.807) is 6.07 Å². The van der Waals surface area contributed by atoms with Crippen molar-refractivity contribution in [1.29, 1.82) is 0 Å². The fraction of sp³-hybridized carbons (Fsp3) is 0.440. The monoisotopic (exact) mass is 495 g/mol. The van der Waals surface area contributed by atoms with Crippen molar-refractivity contribution in [2.24, 2.45) is 5.41 Å². The Balaban J connectivity index is 1.65. The van der Waals surface area contributed by atoms with Crippen LogP contribution in [0.25, 0.3) is 0 Å². The molecule has 2 amide bonds. The van der Waals surface area contributed by atoms with Crippen LogP contribution in [0.5, 0.6) is 0 Å². The molecule has 0 saturated heterocycles. The van der Waals surface area contributed by atoms with Crippen LogP contribution < -0.4 is 10.6 Å². The number of benzene rings is 2. The Morgan fingerprint density at radius 2 is 1.53 bits per heavy atom. The molecule has 0 aliphatic carbocycles. The molecule has 2 aromatic rings. The molecule has 0 fully saturated rings. The van der Waals surface area contributed by atoms with Gasteiger partial charge in [-0.05, 0) is 41.2 Å². The number of anilines is 1. The van der Waals surface area contributed by atoms with Crippen molar-refractivity contribution in [1.82, 2.24) is 10.2 Å². The molecule has 3 rings (SSSR count). The average molecular weight is 496 g/mol. The number of alkyl halides is 3. The summed E-state index contributed by atoms with van der Waals surface area (Å²) in [6, 6.07) is 11.3. The smallest absolute Gasteiger partial charge is 0.380 e. The number of rotatable bonds is 5. The minimum Gasteiger partial charge on any atom is -0.380 e. The minimum absolute atomic E-state index is 0.0135. The summed E-state index contributed by atoms with van der Waals surface area (Å²) in [5.74, 6) is -1.83. The number of amides is 2. The summed E-state index contributed by atoms with van der Waals surface area (Å²) in [4.78, 5) is 24.6. The zero-order valence-corrected chi connectivity index (χ0v) is 20.2. The number of nitrogens with one attached hydrogen (secondary N) is 2. The second-order valence-corrected chi connectivity index (χ2v) is 9.86. The summed E-state index contributed by atoms with van der Waals surface area (Å²) in [6.45, 7) is 6.48. The van der Waals surface area contributed by atoms with Gasteiger partial charge in [0, 0.05) is 31.6 Å². The van der Waals surface area contributed by atoms with Crippen LogP contribution >= 0.6 is 11.6 Å². The van der Waals surface area contributed by atoms with Gasteiger partial charge in [0.15, 0.2) is 0 Å². The molecule has 34 heavy (non-hydrogen) atoms. The van der Waals surface area contributed by atoms with Crippen LogP contribution in [0.3, 0.4) is 0 Å². The van der Waals surface area contributed by atoms with Crippen LogP contribution in [-0.4, -0.2) is 36.0 Å². The van der Waals surface area contributed by atoms with Crippen LogP contribution in [0.15, 0.2) is 36.4 Å². The first-order chi connectivity index (χ1) is 15.9. The highest BCUT2D eigenvalue weighted by atomic mass is 35.5. The molecule has 9 heteroatoms. The Hall–Kier alpha value is -2.74. The highest BCUT2D eigenvalue weighted by molar-refractivity contribution is 6.33. The molecule has 184 valence electrons. The van der Waals surface area contributed by atoms with E-state index in [-0.39, 0.29) is 25.4 Å². The molecular formula is C25H29ClF3N3O2. The third-order valence-electron chi connectivity index (χ3n) is 5.80. The Bertz CT molecular complexity index is 1050. The molecule has 0 radical (unpaired) electrons. The molecule has 1 aliphatic rings. The standard InChI is InChI=1S/C25H29ClF3N3O2/c1-24(2,3)22(33)31-15-17-6-4-16(5-7-17)14-30-21-19-11-13-32(23(34)25(27,28)29)12-10-18(19)8-9-20(21)26/h4-9,30H,10-15H2,1-3H3,(H,31,33). The van der Waals surface area contributed by atoms with Gasteiger partial charge in [0.1, 0.15) is 0 Å². The minimum atomic E-state index is -4.88. The van der Waals surface area contributed by atoms with Crippen LogP contribution in [0.4, 0.5) is 18.9 Å². The van der Waals surface area contributed by atoms with E-state index in [4.69, 9.17) is 11.6 Å². The first-order valence-corrected chi connectivity index (χ1v) is 11.5. The van der Waals surface area contributed by atoms with E-state index < -0.39 is 17.5 Å². The highest BCUT2D eigenvalue weighted by Crippen LogP contribution is 2.32. The van der Waals surface area contributed by atoms with Gasteiger partial charge in [-0.15, -0.1) is 0 Å². The molecule has 5 nitrogen and oxygen atoms in total. The van der Waals surface area contributed by atoms with E-state index >= 15 is 0 Å². The first-order valence-electron chi connectivity index (χ1n) is 11.1. The Labute approximate surface area is 202 Å². The molecule has 1 heterocycles. The largest absolute Gasteiger partial charge is 0.471 e. The number of hydrogen-bond donors (Lipinski definition) is 2. The third-order valence-corrected chi connectivity index (χ3v) is 6.11. The maximum atomic E-state index is 12.9. The second kappa shape index (κ2) is 10.3. The molecule has 0 spiro atoms. The van der Waals surface area contributed by atoms with Crippen molar-refractivity contribution < 1.29 is 22.8 Å². The molecule has 0 bridgehead atoms. The molecule has 0 unspecified atom stereocenters. The maximum Gasteiger partial charge on any atom is 0.471 e. The zero-order chi connectivity index (χ0) is 25.1. The molecule has 0 aromatic heterocycles. The zero-order valence-electron chi connectivity index (χ0n) is 19.5. The lowest BCUT2D eigenvalue weighted by Crippen LogP contribution is -2.42. The molecule has 1 aliphatic heterocycles. The van der Waals surface area contributed by atoms with Crippen LogP contribution in [0.1, 0.15) is 43.0 Å². The Morgan fingerprint density at radius 1 is 0.941 bits per heavy atom. The lowest BCUT2D eigenvalue weighted by Gasteiger charge is -2.21. The van der Waals surface area contributed by atoms with Gasteiger partial charge in [0.2, 0.25) is 5.91 Å². The van der Waals surface area contributed by atoms with Gasteiger partial charge in [-0.25, -0.2) is 0 Å². The van der Waals surface area contributed by atoms with Crippen LogP contribution in [0.2, 0.25) is 5.02 Å². The average Bonchev–Trinajstić information content (AvgIpc) is 2.98. The fourth-order valence-electron chi connectivity index (χ4n) is 3.78. The predicted octanol–water partition coefficient (Wildman–Crippen LogP) is 5.10. The molecule has 2 aromatic carbocycles. The van der Waals surface area contributed by atoms with E-state index in [0.717, 1.165) is 27.2 Å². The molecular weight excluding hydrogens is 467 g/mol. The van der Waals surface area contributed by atoms with Gasteiger partial charge in [-0.3, -0.25) is 9.59 Å². The topological polar surface area (TPSA) is 61.4 Å². The van der Waals surface area contributed by atoms with E-state index in [2.05, 4.69) is 10.6 Å². The van der Waals surface area contributed by atoms with Crippen molar-refractivity contribution in [3.63, 3.8) is 0 Å². The summed E-state index contributed by atoms with van der Waals surface area (Å²) >= 11 is 6.42. The second-order valence-electron chi connectivity index (χ2n) is 9.45. The van der Waals surface area contributed by atoms with Gasteiger partial charge in [-0.1, -0.05) is 62.7 Å². The van der Waals surface area contributed by atoms with Crippen molar-refractivity contribution >= 4 is 29.1 Å². The normalized spacial score (nSPS) is 14.3. The molecule has 2 N–H and O–H groups in total. The highest BCUT2D eigenvalue weighted by Gasteiger charge is 2.42. The van der Waals surface area contributed by atoms with Gasteiger partial charge in [-0.2, -0.15) is 13.2 Å². The Morgan fingerprint density at radius 3 is 2.12 bits per heavy atom. The summed E-state index contributed by atoms with van der Waals surface area (Å²) in [5.41, 5.74) is 3.92. The van der Waals surface area contributed by atoms with Crippen molar-refractivity contribution in [2.45, 2.75) is 52.9 Å². The van der Waals surface area contributed by atoms with E-state index in [9.17, 15) is 22.8 Å². The Kier molecular flexibility index (Phi) is 7.81. The third kappa shape index (κ3) is 6.44. The van der Waals surface area contributed by atoms with Crippen LogP contribution in [-0.2, 0) is 35.5 Å². The van der Waals surface area contributed by atoms with Crippen LogP contribution in [0, 0.1) is 5.41 Å². The van der Waals surface area contributed by atoms with E-state index in [1.165, 1.54) is 0 Å².